The van der Waals surface area contributed by atoms with Gasteiger partial charge >= 0.3 is 5.97 Å². The molecule has 5 nitrogen and oxygen atoms in total. The van der Waals surface area contributed by atoms with Crippen molar-refractivity contribution in [1.82, 2.24) is 9.88 Å². The van der Waals surface area contributed by atoms with Crippen LogP contribution in [0.15, 0.2) is 54.9 Å². The summed E-state index contributed by atoms with van der Waals surface area (Å²) in [6.45, 7) is 7.26. The van der Waals surface area contributed by atoms with Gasteiger partial charge in [0.15, 0.2) is 0 Å². The Morgan fingerprint density at radius 3 is 2.62 bits per heavy atom. The summed E-state index contributed by atoms with van der Waals surface area (Å²) in [5.74, 6) is -0.313. The summed E-state index contributed by atoms with van der Waals surface area (Å²) in [6.07, 6.45) is 6.58. The molecule has 0 N–H and O–H groups in total. The molecule has 0 amide bonds. The number of esters is 1. The first-order chi connectivity index (χ1) is 12.7. The van der Waals surface area contributed by atoms with Crippen molar-refractivity contribution in [2.75, 3.05) is 44.2 Å². The van der Waals surface area contributed by atoms with Crippen LogP contribution in [0.4, 0.5) is 5.69 Å². The van der Waals surface area contributed by atoms with E-state index in [1.54, 1.807) is 18.5 Å². The Bertz CT molecular complexity index is 721. The molecule has 5 heteroatoms. The number of pyridine rings is 1. The molecule has 2 aromatic rings. The first-order valence-corrected chi connectivity index (χ1v) is 8.99. The molecule has 0 aliphatic carbocycles. The third-order valence-electron chi connectivity index (χ3n) is 4.52. The van der Waals surface area contributed by atoms with E-state index >= 15 is 0 Å². The Balaban J connectivity index is 1.35. The van der Waals surface area contributed by atoms with Crippen LogP contribution in [0.2, 0.25) is 0 Å². The number of anilines is 1. The Morgan fingerprint density at radius 1 is 1.15 bits per heavy atom. The third-order valence-corrected chi connectivity index (χ3v) is 4.52. The molecule has 1 saturated heterocycles. The summed E-state index contributed by atoms with van der Waals surface area (Å²) in [5.41, 5.74) is 3.45. The first kappa shape index (κ1) is 18.1. The summed E-state index contributed by atoms with van der Waals surface area (Å²) in [5, 5.41) is 0. The minimum Gasteiger partial charge on any atom is -0.461 e. The number of aryl methyl sites for hydroxylation is 1. The highest BCUT2D eigenvalue weighted by Crippen LogP contribution is 2.16. The Labute approximate surface area is 154 Å². The van der Waals surface area contributed by atoms with Gasteiger partial charge in [-0.05, 0) is 36.8 Å². The van der Waals surface area contributed by atoms with E-state index in [9.17, 15) is 4.79 Å². The van der Waals surface area contributed by atoms with Gasteiger partial charge in [-0.15, -0.1) is 0 Å². The SMILES string of the molecule is Cc1ccc(N2CCN(CCOC(=O)/C=C/c3cccnc3)CC2)cc1. The second kappa shape index (κ2) is 9.15. The van der Waals surface area contributed by atoms with Crippen LogP contribution in [0.25, 0.3) is 6.08 Å². The van der Waals surface area contributed by atoms with Gasteiger partial charge in [0, 0.05) is 56.9 Å². The lowest BCUT2D eigenvalue weighted by Crippen LogP contribution is -2.47. The molecule has 1 aromatic heterocycles. The monoisotopic (exact) mass is 351 g/mol. The van der Waals surface area contributed by atoms with E-state index in [1.807, 2.05) is 12.1 Å². The molecule has 1 aliphatic rings. The van der Waals surface area contributed by atoms with Crippen LogP contribution in [0.5, 0.6) is 0 Å². The van der Waals surface area contributed by atoms with E-state index in [2.05, 4.69) is 46.0 Å². The van der Waals surface area contributed by atoms with E-state index in [-0.39, 0.29) is 5.97 Å². The molecule has 1 aliphatic heterocycles. The number of rotatable bonds is 6. The third kappa shape index (κ3) is 5.43. The van der Waals surface area contributed by atoms with E-state index in [0.717, 1.165) is 38.3 Å². The predicted molar refractivity (Wildman–Crippen MR) is 104 cm³/mol. The van der Waals surface area contributed by atoms with Gasteiger partial charge in [0.05, 0.1) is 0 Å². The summed E-state index contributed by atoms with van der Waals surface area (Å²) >= 11 is 0. The zero-order valence-corrected chi connectivity index (χ0v) is 15.2. The van der Waals surface area contributed by atoms with Crippen molar-refractivity contribution in [3.8, 4) is 0 Å². The fourth-order valence-electron chi connectivity index (χ4n) is 2.95. The van der Waals surface area contributed by atoms with E-state index < -0.39 is 0 Å². The van der Waals surface area contributed by atoms with Gasteiger partial charge < -0.3 is 9.64 Å². The Hall–Kier alpha value is -2.66. The quantitative estimate of drug-likeness (QED) is 0.592. The van der Waals surface area contributed by atoms with Crippen LogP contribution in [0, 0.1) is 6.92 Å². The molecular weight excluding hydrogens is 326 g/mol. The topological polar surface area (TPSA) is 45.7 Å². The molecular formula is C21H25N3O2. The smallest absolute Gasteiger partial charge is 0.330 e. The number of nitrogens with zero attached hydrogens (tertiary/aromatic N) is 3. The van der Waals surface area contributed by atoms with Crippen LogP contribution in [-0.4, -0.2) is 55.2 Å². The van der Waals surface area contributed by atoms with Crippen molar-refractivity contribution in [3.63, 3.8) is 0 Å². The molecule has 1 aromatic carbocycles. The summed E-state index contributed by atoms with van der Waals surface area (Å²) in [7, 11) is 0. The van der Waals surface area contributed by atoms with Crippen LogP contribution >= 0.6 is 0 Å². The molecule has 3 rings (SSSR count). The number of carbonyl (C=O) groups is 1. The highest BCUT2D eigenvalue weighted by molar-refractivity contribution is 5.86. The van der Waals surface area contributed by atoms with Gasteiger partial charge in [-0.2, -0.15) is 0 Å². The normalized spacial score (nSPS) is 15.3. The van der Waals surface area contributed by atoms with E-state index in [0.29, 0.717) is 6.61 Å². The Morgan fingerprint density at radius 2 is 1.92 bits per heavy atom. The molecule has 0 radical (unpaired) electrons. The van der Waals surface area contributed by atoms with Crippen LogP contribution in [0.1, 0.15) is 11.1 Å². The number of benzene rings is 1. The lowest BCUT2D eigenvalue weighted by molar-refractivity contribution is -0.138. The van der Waals surface area contributed by atoms with E-state index in [1.165, 1.54) is 17.3 Å². The van der Waals surface area contributed by atoms with Gasteiger partial charge in [0.1, 0.15) is 6.61 Å². The Kier molecular flexibility index (Phi) is 6.39. The molecule has 0 atom stereocenters. The first-order valence-electron chi connectivity index (χ1n) is 8.99. The molecule has 26 heavy (non-hydrogen) atoms. The summed E-state index contributed by atoms with van der Waals surface area (Å²) in [6, 6.07) is 12.4. The molecule has 1 fully saturated rings. The summed E-state index contributed by atoms with van der Waals surface area (Å²) < 4.78 is 5.29. The van der Waals surface area contributed by atoms with Gasteiger partial charge in [0.25, 0.3) is 0 Å². The number of hydrogen-bond donors (Lipinski definition) is 0. The van der Waals surface area contributed by atoms with Gasteiger partial charge in [-0.3, -0.25) is 9.88 Å². The van der Waals surface area contributed by atoms with Gasteiger partial charge in [-0.25, -0.2) is 4.79 Å². The van der Waals surface area contributed by atoms with Crippen molar-refractivity contribution in [1.29, 1.82) is 0 Å². The van der Waals surface area contributed by atoms with Crippen LogP contribution in [0.3, 0.4) is 0 Å². The van der Waals surface area contributed by atoms with E-state index in [4.69, 9.17) is 4.74 Å². The second-order valence-corrected chi connectivity index (χ2v) is 6.45. The minimum absolute atomic E-state index is 0.313. The average molecular weight is 351 g/mol. The minimum atomic E-state index is -0.313. The fourth-order valence-corrected chi connectivity index (χ4v) is 2.95. The summed E-state index contributed by atoms with van der Waals surface area (Å²) in [4.78, 5) is 20.5. The highest BCUT2D eigenvalue weighted by Gasteiger charge is 2.17. The highest BCUT2D eigenvalue weighted by atomic mass is 16.5. The zero-order valence-electron chi connectivity index (χ0n) is 15.2. The van der Waals surface area contributed by atoms with Crippen molar-refractivity contribution in [2.45, 2.75) is 6.92 Å². The predicted octanol–water partition coefficient (Wildman–Crippen LogP) is 2.77. The lowest BCUT2D eigenvalue weighted by Gasteiger charge is -2.36. The standard InChI is InChI=1S/C21H25N3O2/c1-18-4-7-20(8-5-18)24-13-11-23(12-14-24)15-16-26-21(25)9-6-19-3-2-10-22-17-19/h2-10,17H,11-16H2,1H3/b9-6+. The van der Waals surface area contributed by atoms with Crippen molar-refractivity contribution >= 4 is 17.7 Å². The number of carbonyl (C=O) groups excluding carboxylic acids is 1. The van der Waals surface area contributed by atoms with Crippen molar-refractivity contribution in [3.05, 3.63) is 66.0 Å². The number of aromatic nitrogens is 1. The lowest BCUT2D eigenvalue weighted by atomic mass is 10.2. The maximum absolute atomic E-state index is 11.8. The van der Waals surface area contributed by atoms with Gasteiger partial charge in [-0.1, -0.05) is 23.8 Å². The molecule has 0 bridgehead atoms. The molecule has 0 spiro atoms. The number of hydrogen-bond acceptors (Lipinski definition) is 5. The molecule has 0 unspecified atom stereocenters. The second-order valence-electron chi connectivity index (χ2n) is 6.45. The van der Waals surface area contributed by atoms with Crippen molar-refractivity contribution < 1.29 is 9.53 Å². The van der Waals surface area contributed by atoms with Crippen molar-refractivity contribution in [2.24, 2.45) is 0 Å². The average Bonchev–Trinajstić information content (AvgIpc) is 2.68. The number of ether oxygens (including phenoxy) is 1. The molecule has 2 heterocycles. The fraction of sp³-hybridized carbons (Fsp3) is 0.333. The van der Waals surface area contributed by atoms with Crippen LogP contribution < -0.4 is 4.90 Å². The van der Waals surface area contributed by atoms with Gasteiger partial charge in [0.2, 0.25) is 0 Å². The largest absolute Gasteiger partial charge is 0.461 e. The van der Waals surface area contributed by atoms with Crippen LogP contribution in [-0.2, 0) is 9.53 Å². The maximum atomic E-state index is 11.8. The zero-order chi connectivity index (χ0) is 18.2. The molecule has 0 saturated carbocycles. The molecule has 136 valence electrons. The number of piperazine rings is 1. The maximum Gasteiger partial charge on any atom is 0.330 e.